The maximum atomic E-state index is 13.6. The summed E-state index contributed by atoms with van der Waals surface area (Å²) in [5.41, 5.74) is 0.504. The quantitative estimate of drug-likeness (QED) is 0.826. The van der Waals surface area contributed by atoms with Crippen LogP contribution in [0.2, 0.25) is 0 Å². The number of benzene rings is 1. The molecule has 1 heterocycles. The molecule has 1 aliphatic heterocycles. The predicted molar refractivity (Wildman–Crippen MR) is 84.6 cm³/mol. The van der Waals surface area contributed by atoms with Crippen molar-refractivity contribution in [1.82, 2.24) is 0 Å². The van der Waals surface area contributed by atoms with Gasteiger partial charge in [0, 0.05) is 43.7 Å². The molecule has 1 amide bonds. The van der Waals surface area contributed by atoms with Crippen molar-refractivity contribution < 1.29 is 22.7 Å². The number of amides is 1. The third-order valence-electron chi connectivity index (χ3n) is 4.95. The Morgan fingerprint density at radius 2 is 1.79 bits per heavy atom. The van der Waals surface area contributed by atoms with E-state index in [2.05, 4.69) is 0 Å². The van der Waals surface area contributed by atoms with Gasteiger partial charge in [-0.3, -0.25) is 4.79 Å². The summed E-state index contributed by atoms with van der Waals surface area (Å²) in [5, 5.41) is 0. The first-order valence-corrected chi connectivity index (χ1v) is 8.50. The molecule has 0 atom stereocenters. The van der Waals surface area contributed by atoms with Gasteiger partial charge in [-0.2, -0.15) is 0 Å². The van der Waals surface area contributed by atoms with Gasteiger partial charge in [-0.05, 0) is 43.9 Å². The van der Waals surface area contributed by atoms with Crippen LogP contribution in [0.1, 0.15) is 38.5 Å². The van der Waals surface area contributed by atoms with Crippen LogP contribution in [-0.2, 0) is 9.53 Å². The number of hydrogen-bond donors (Lipinski definition) is 0. The summed E-state index contributed by atoms with van der Waals surface area (Å²) in [7, 11) is 0. The molecule has 0 N–H and O–H groups in total. The van der Waals surface area contributed by atoms with Gasteiger partial charge in [0.05, 0.1) is 0 Å². The second-order valence-corrected chi connectivity index (χ2v) is 6.66. The first-order chi connectivity index (χ1) is 11.5. The van der Waals surface area contributed by atoms with Gasteiger partial charge in [-0.25, -0.2) is 13.2 Å². The fraction of sp³-hybridized carbons (Fsp3) is 0.611. The maximum absolute atomic E-state index is 13.6. The van der Waals surface area contributed by atoms with E-state index in [9.17, 15) is 18.0 Å². The lowest BCUT2D eigenvalue weighted by Crippen LogP contribution is -2.47. The standard InChI is InChI=1S/C18H22F3NO2/c19-14-2-1-3-16(12-14)22(15-6-10-24-11-7-15)17(23)13-4-8-18(20,21)9-5-13/h1-3,12-13,15H,4-11H2. The molecule has 0 radical (unpaired) electrons. The average Bonchev–Trinajstić information content (AvgIpc) is 2.56. The van der Waals surface area contributed by atoms with Crippen LogP contribution < -0.4 is 4.90 Å². The number of hydrogen-bond acceptors (Lipinski definition) is 2. The molecule has 0 spiro atoms. The Kier molecular flexibility index (Phi) is 5.13. The Morgan fingerprint density at radius 1 is 1.12 bits per heavy atom. The number of ether oxygens (including phenoxy) is 1. The lowest BCUT2D eigenvalue weighted by Gasteiger charge is -2.38. The molecular formula is C18H22F3NO2. The number of alkyl halides is 2. The summed E-state index contributed by atoms with van der Waals surface area (Å²) < 4.78 is 45.8. The highest BCUT2D eigenvalue weighted by Gasteiger charge is 2.40. The van der Waals surface area contributed by atoms with Gasteiger partial charge in [0.2, 0.25) is 11.8 Å². The van der Waals surface area contributed by atoms with Crippen molar-refractivity contribution in [2.75, 3.05) is 18.1 Å². The minimum absolute atomic E-state index is 0.0736. The smallest absolute Gasteiger partial charge is 0.248 e. The van der Waals surface area contributed by atoms with Crippen LogP contribution in [0.4, 0.5) is 18.9 Å². The van der Waals surface area contributed by atoms with Crippen molar-refractivity contribution in [3.05, 3.63) is 30.1 Å². The van der Waals surface area contributed by atoms with Gasteiger partial charge in [-0.15, -0.1) is 0 Å². The maximum Gasteiger partial charge on any atom is 0.248 e. The van der Waals surface area contributed by atoms with Crippen LogP contribution in [0, 0.1) is 11.7 Å². The highest BCUT2D eigenvalue weighted by Crippen LogP contribution is 2.38. The lowest BCUT2D eigenvalue weighted by atomic mass is 9.85. The largest absolute Gasteiger partial charge is 0.381 e. The summed E-state index contributed by atoms with van der Waals surface area (Å²) in [6.45, 7) is 1.10. The van der Waals surface area contributed by atoms with Gasteiger partial charge in [-0.1, -0.05) is 6.07 Å². The second kappa shape index (κ2) is 7.13. The fourth-order valence-electron chi connectivity index (χ4n) is 3.57. The zero-order chi connectivity index (χ0) is 17.2. The number of halogens is 3. The van der Waals surface area contributed by atoms with Crippen LogP contribution in [-0.4, -0.2) is 31.1 Å². The zero-order valence-corrected chi connectivity index (χ0v) is 13.5. The molecule has 0 aromatic heterocycles. The van der Waals surface area contributed by atoms with Crippen molar-refractivity contribution in [3.8, 4) is 0 Å². The number of carbonyl (C=O) groups is 1. The molecule has 2 aliphatic rings. The van der Waals surface area contributed by atoms with Crippen molar-refractivity contribution >= 4 is 11.6 Å². The molecule has 3 rings (SSSR count). The molecule has 1 saturated heterocycles. The first kappa shape index (κ1) is 17.3. The Bertz CT molecular complexity index is 577. The summed E-state index contributed by atoms with van der Waals surface area (Å²) in [6.07, 6.45) is 1.19. The van der Waals surface area contributed by atoms with E-state index in [0.717, 1.165) is 0 Å². The third kappa shape index (κ3) is 3.91. The summed E-state index contributed by atoms with van der Waals surface area (Å²) in [6, 6.07) is 5.87. The van der Waals surface area contributed by atoms with Crippen LogP contribution in [0.15, 0.2) is 24.3 Å². The highest BCUT2D eigenvalue weighted by atomic mass is 19.3. The topological polar surface area (TPSA) is 29.5 Å². The van der Waals surface area contributed by atoms with Crippen molar-refractivity contribution in [2.45, 2.75) is 50.5 Å². The molecular weight excluding hydrogens is 319 g/mol. The van der Waals surface area contributed by atoms with Crippen LogP contribution >= 0.6 is 0 Å². The van der Waals surface area contributed by atoms with Crippen molar-refractivity contribution in [3.63, 3.8) is 0 Å². The van der Waals surface area contributed by atoms with E-state index in [1.54, 1.807) is 17.0 Å². The van der Waals surface area contributed by atoms with Crippen molar-refractivity contribution in [2.24, 2.45) is 5.92 Å². The fourth-order valence-corrected chi connectivity index (χ4v) is 3.57. The second-order valence-electron chi connectivity index (χ2n) is 6.66. The van der Waals surface area contributed by atoms with Crippen LogP contribution in [0.25, 0.3) is 0 Å². The Hall–Kier alpha value is -1.56. The van der Waals surface area contributed by atoms with Gasteiger partial charge in [0.25, 0.3) is 0 Å². The molecule has 2 fully saturated rings. The molecule has 1 aromatic carbocycles. The highest BCUT2D eigenvalue weighted by molar-refractivity contribution is 5.95. The minimum Gasteiger partial charge on any atom is -0.381 e. The first-order valence-electron chi connectivity index (χ1n) is 8.50. The average molecular weight is 341 g/mol. The van der Waals surface area contributed by atoms with Crippen molar-refractivity contribution in [1.29, 1.82) is 0 Å². The number of nitrogens with zero attached hydrogens (tertiary/aromatic N) is 1. The Labute approximate surface area is 139 Å². The van der Waals surface area contributed by atoms with Gasteiger partial charge in [0.15, 0.2) is 0 Å². The van der Waals surface area contributed by atoms with E-state index in [1.807, 2.05) is 0 Å². The third-order valence-corrected chi connectivity index (χ3v) is 4.95. The zero-order valence-electron chi connectivity index (χ0n) is 13.5. The number of carbonyl (C=O) groups excluding carboxylic acids is 1. The molecule has 6 heteroatoms. The van der Waals surface area contributed by atoms with Crippen LogP contribution in [0.5, 0.6) is 0 Å². The molecule has 132 valence electrons. The molecule has 0 unspecified atom stereocenters. The normalized spacial score (nSPS) is 22.3. The Morgan fingerprint density at radius 3 is 2.42 bits per heavy atom. The number of rotatable bonds is 3. The monoisotopic (exact) mass is 341 g/mol. The minimum atomic E-state index is -2.67. The summed E-state index contributed by atoms with van der Waals surface area (Å²) in [4.78, 5) is 14.7. The van der Waals surface area contributed by atoms with E-state index >= 15 is 0 Å². The molecule has 3 nitrogen and oxygen atoms in total. The molecule has 0 bridgehead atoms. The predicted octanol–water partition coefficient (Wildman–Crippen LogP) is 4.16. The van der Waals surface area contributed by atoms with Gasteiger partial charge < -0.3 is 9.64 Å². The van der Waals surface area contributed by atoms with E-state index < -0.39 is 17.7 Å². The summed E-state index contributed by atoms with van der Waals surface area (Å²) >= 11 is 0. The van der Waals surface area contributed by atoms with E-state index in [-0.39, 0.29) is 37.6 Å². The SMILES string of the molecule is O=C(C1CCC(F)(F)CC1)N(c1cccc(F)c1)C1CCOCC1. The van der Waals surface area contributed by atoms with Crippen LogP contribution in [0.3, 0.4) is 0 Å². The van der Waals surface area contributed by atoms with Gasteiger partial charge >= 0.3 is 0 Å². The number of anilines is 1. The molecule has 24 heavy (non-hydrogen) atoms. The lowest BCUT2D eigenvalue weighted by molar-refractivity contribution is -0.127. The molecule has 1 aromatic rings. The van der Waals surface area contributed by atoms with E-state index in [4.69, 9.17) is 4.74 Å². The van der Waals surface area contributed by atoms with E-state index in [0.29, 0.717) is 31.7 Å². The molecule has 1 aliphatic carbocycles. The van der Waals surface area contributed by atoms with E-state index in [1.165, 1.54) is 12.1 Å². The Balaban J connectivity index is 1.82. The summed E-state index contributed by atoms with van der Waals surface area (Å²) in [5.74, 6) is -3.66. The van der Waals surface area contributed by atoms with Gasteiger partial charge in [0.1, 0.15) is 5.82 Å². The molecule has 1 saturated carbocycles.